The van der Waals surface area contributed by atoms with Crippen LogP contribution in [0.25, 0.3) is 0 Å². The fourth-order valence-corrected chi connectivity index (χ4v) is 3.78. The Labute approximate surface area is 138 Å². The van der Waals surface area contributed by atoms with Crippen LogP contribution in [-0.2, 0) is 9.53 Å². The number of benzene rings is 1. The van der Waals surface area contributed by atoms with Gasteiger partial charge in [0.05, 0.1) is 8.95 Å². The lowest BCUT2D eigenvalue weighted by Crippen LogP contribution is -2.18. The lowest BCUT2D eigenvalue weighted by Gasteiger charge is -2.10. The van der Waals surface area contributed by atoms with Gasteiger partial charge in [0.2, 0.25) is 0 Å². The maximum atomic E-state index is 11.6. The van der Waals surface area contributed by atoms with E-state index in [-0.39, 0.29) is 19.0 Å². The lowest BCUT2D eigenvalue weighted by atomic mass is 10.3. The second-order valence-electron chi connectivity index (χ2n) is 3.93. The van der Waals surface area contributed by atoms with Crippen LogP contribution >= 0.6 is 47.8 Å². The molecule has 0 spiro atoms. The summed E-state index contributed by atoms with van der Waals surface area (Å²) in [6.45, 7) is 2.81. The first kappa shape index (κ1) is 17.1. The van der Waals surface area contributed by atoms with Gasteiger partial charge >= 0.3 is 0 Å². The highest BCUT2D eigenvalue weighted by atomic mass is 79.9. The number of halogens is 3. The first-order valence-corrected chi connectivity index (χ1v) is 8.29. The van der Waals surface area contributed by atoms with Crippen molar-refractivity contribution in [2.24, 2.45) is 0 Å². The van der Waals surface area contributed by atoms with E-state index in [1.807, 2.05) is 12.1 Å². The third kappa shape index (κ3) is 6.38. The van der Waals surface area contributed by atoms with Gasteiger partial charge in [-0.3, -0.25) is 4.79 Å². The molecule has 0 bridgehead atoms. The van der Waals surface area contributed by atoms with E-state index < -0.39 is 0 Å². The molecule has 0 N–H and O–H groups in total. The fourth-order valence-electron chi connectivity index (χ4n) is 1.29. The van der Waals surface area contributed by atoms with Crippen LogP contribution in [0.15, 0.2) is 25.6 Å². The zero-order valence-electron chi connectivity index (χ0n) is 10.5. The molecule has 3 nitrogen and oxygen atoms in total. The summed E-state index contributed by atoms with van der Waals surface area (Å²) in [4.78, 5) is 11.6. The summed E-state index contributed by atoms with van der Waals surface area (Å²) in [7, 11) is 0. The van der Waals surface area contributed by atoms with Gasteiger partial charge in [-0.25, -0.2) is 0 Å². The van der Waals surface area contributed by atoms with Crippen LogP contribution in [0.4, 0.5) is 0 Å². The molecule has 0 atom stereocenters. The smallest absolute Gasteiger partial charge is 0.195 e. The minimum absolute atomic E-state index is 0.00492. The zero-order valence-corrected chi connectivity index (χ0v) is 15.3. The van der Waals surface area contributed by atoms with Crippen molar-refractivity contribution in [1.82, 2.24) is 0 Å². The molecule has 1 aromatic rings. The summed E-state index contributed by atoms with van der Waals surface area (Å²) in [5.74, 6) is 0.544. The molecule has 1 rings (SSSR count). The van der Waals surface area contributed by atoms with E-state index in [9.17, 15) is 4.79 Å². The Hall–Kier alpha value is 0.0900. The minimum Gasteiger partial charge on any atom is -0.483 e. The Morgan fingerprint density at radius 1 is 1.16 bits per heavy atom. The van der Waals surface area contributed by atoms with E-state index in [0.29, 0.717) is 12.4 Å². The van der Waals surface area contributed by atoms with Gasteiger partial charge in [-0.2, -0.15) is 0 Å². The van der Waals surface area contributed by atoms with Crippen LogP contribution in [0, 0.1) is 0 Å². The SMILES string of the molecule is CCCCOCC(=O)COc1c(Br)cc(Br)cc1Br. The van der Waals surface area contributed by atoms with Gasteiger partial charge in [0, 0.05) is 11.1 Å². The first-order valence-electron chi connectivity index (χ1n) is 5.91. The minimum atomic E-state index is -0.0715. The molecule has 1 aromatic carbocycles. The van der Waals surface area contributed by atoms with Crippen LogP contribution in [0.2, 0.25) is 0 Å². The van der Waals surface area contributed by atoms with Gasteiger partial charge in [-0.05, 0) is 50.4 Å². The fraction of sp³-hybridized carbons (Fsp3) is 0.462. The average Bonchev–Trinajstić information content (AvgIpc) is 2.33. The van der Waals surface area contributed by atoms with Crippen molar-refractivity contribution in [1.29, 1.82) is 0 Å². The van der Waals surface area contributed by atoms with E-state index in [1.165, 1.54) is 0 Å². The number of rotatable bonds is 8. The summed E-state index contributed by atoms with van der Waals surface area (Å²) in [6, 6.07) is 3.73. The number of carbonyl (C=O) groups is 1. The molecule has 0 aliphatic heterocycles. The largest absolute Gasteiger partial charge is 0.483 e. The van der Waals surface area contributed by atoms with Gasteiger partial charge in [-0.15, -0.1) is 0 Å². The molecule has 0 aromatic heterocycles. The third-order valence-electron chi connectivity index (χ3n) is 2.25. The number of unbranched alkanes of at least 4 members (excludes halogenated alkanes) is 1. The summed E-state index contributed by atoms with van der Waals surface area (Å²) in [5.41, 5.74) is 0. The zero-order chi connectivity index (χ0) is 14.3. The molecule has 19 heavy (non-hydrogen) atoms. The molecule has 0 fully saturated rings. The molecular formula is C13H15Br3O3. The summed E-state index contributed by atoms with van der Waals surface area (Å²) >= 11 is 10.2. The van der Waals surface area contributed by atoms with E-state index in [1.54, 1.807) is 0 Å². The third-order valence-corrected chi connectivity index (χ3v) is 3.88. The van der Waals surface area contributed by atoms with Crippen LogP contribution in [0.5, 0.6) is 5.75 Å². The van der Waals surface area contributed by atoms with Gasteiger partial charge in [0.25, 0.3) is 0 Å². The highest BCUT2D eigenvalue weighted by Crippen LogP contribution is 2.36. The summed E-state index contributed by atoms with van der Waals surface area (Å²) in [5, 5.41) is 0. The van der Waals surface area contributed by atoms with Gasteiger partial charge in [-0.1, -0.05) is 29.3 Å². The molecule has 0 aliphatic carbocycles. The normalized spacial score (nSPS) is 10.5. The highest BCUT2D eigenvalue weighted by molar-refractivity contribution is 9.11. The van der Waals surface area contributed by atoms with Crippen molar-refractivity contribution < 1.29 is 14.3 Å². The molecule has 106 valence electrons. The van der Waals surface area contributed by atoms with Gasteiger partial charge in [0.1, 0.15) is 19.0 Å². The molecule has 0 aliphatic rings. The second-order valence-corrected chi connectivity index (χ2v) is 6.56. The number of ether oxygens (including phenoxy) is 2. The number of carbonyl (C=O) groups excluding carboxylic acids is 1. The average molecular weight is 459 g/mol. The second kappa shape index (κ2) is 9.10. The number of hydrogen-bond donors (Lipinski definition) is 0. The van der Waals surface area contributed by atoms with Gasteiger partial charge < -0.3 is 9.47 Å². The van der Waals surface area contributed by atoms with Crippen molar-refractivity contribution >= 4 is 53.6 Å². The molecule has 6 heteroatoms. The molecule has 0 radical (unpaired) electrons. The number of ketones is 1. The summed E-state index contributed by atoms with van der Waals surface area (Å²) < 4.78 is 13.2. The van der Waals surface area contributed by atoms with Crippen molar-refractivity contribution in [2.45, 2.75) is 19.8 Å². The van der Waals surface area contributed by atoms with Crippen LogP contribution < -0.4 is 4.74 Å². The molecule has 0 heterocycles. The lowest BCUT2D eigenvalue weighted by molar-refractivity contribution is -0.125. The molecule has 0 saturated heterocycles. The predicted molar refractivity (Wildman–Crippen MR) is 85.8 cm³/mol. The van der Waals surface area contributed by atoms with Crippen LogP contribution in [-0.4, -0.2) is 25.6 Å². The van der Waals surface area contributed by atoms with Crippen molar-refractivity contribution in [2.75, 3.05) is 19.8 Å². The highest BCUT2D eigenvalue weighted by Gasteiger charge is 2.10. The Kier molecular flexibility index (Phi) is 8.21. The van der Waals surface area contributed by atoms with E-state index in [0.717, 1.165) is 26.3 Å². The van der Waals surface area contributed by atoms with Crippen molar-refractivity contribution in [3.05, 3.63) is 25.6 Å². The van der Waals surface area contributed by atoms with Gasteiger partial charge in [0.15, 0.2) is 5.78 Å². The van der Waals surface area contributed by atoms with Crippen molar-refractivity contribution in [3.8, 4) is 5.75 Å². The molecule has 0 amide bonds. The maximum Gasteiger partial charge on any atom is 0.195 e. The maximum absolute atomic E-state index is 11.6. The Bertz CT molecular complexity index is 412. The van der Waals surface area contributed by atoms with E-state index in [4.69, 9.17) is 9.47 Å². The number of Topliss-reactive ketones (excluding diaryl/α,β-unsaturated/α-hetero) is 1. The Morgan fingerprint density at radius 3 is 2.37 bits per heavy atom. The van der Waals surface area contributed by atoms with Crippen molar-refractivity contribution in [3.63, 3.8) is 0 Å². The molecular weight excluding hydrogens is 444 g/mol. The number of hydrogen-bond acceptors (Lipinski definition) is 3. The standard InChI is InChI=1S/C13H15Br3O3/c1-2-3-4-18-7-10(17)8-19-13-11(15)5-9(14)6-12(13)16/h5-6H,2-4,7-8H2,1H3. The molecule has 0 saturated carbocycles. The summed E-state index contributed by atoms with van der Waals surface area (Å²) in [6.07, 6.45) is 2.03. The first-order chi connectivity index (χ1) is 9.04. The van der Waals surface area contributed by atoms with Crippen LogP contribution in [0.3, 0.4) is 0 Å². The Morgan fingerprint density at radius 2 is 1.79 bits per heavy atom. The quantitative estimate of drug-likeness (QED) is 0.528. The van der Waals surface area contributed by atoms with E-state index >= 15 is 0 Å². The topological polar surface area (TPSA) is 35.5 Å². The molecule has 0 unspecified atom stereocenters. The predicted octanol–water partition coefficient (Wildman–Crippen LogP) is 4.74. The Balaban J connectivity index is 2.42. The monoisotopic (exact) mass is 456 g/mol. The van der Waals surface area contributed by atoms with E-state index in [2.05, 4.69) is 54.7 Å². The van der Waals surface area contributed by atoms with Crippen LogP contribution in [0.1, 0.15) is 19.8 Å².